The lowest BCUT2D eigenvalue weighted by Gasteiger charge is -2.03. The number of carbonyl (C=O) groups excluding carboxylic acids is 1. The van der Waals surface area contributed by atoms with Gasteiger partial charge in [0.05, 0.1) is 0 Å². The monoisotopic (exact) mass is 149 g/mol. The van der Waals surface area contributed by atoms with Gasteiger partial charge in [-0.1, -0.05) is 17.7 Å². The van der Waals surface area contributed by atoms with Crippen LogP contribution in [0.25, 0.3) is 0 Å². The number of anilines is 1. The molecule has 0 radical (unpaired) electrons. The van der Waals surface area contributed by atoms with Crippen LogP contribution < -0.4 is 5.32 Å². The molecule has 2 nitrogen and oxygen atoms in total. The summed E-state index contributed by atoms with van der Waals surface area (Å²) >= 11 is 0. The predicted octanol–water partition coefficient (Wildman–Crippen LogP) is 1.87. The zero-order chi connectivity index (χ0) is 8.27. The van der Waals surface area contributed by atoms with Gasteiger partial charge in [-0.15, -0.1) is 0 Å². The van der Waals surface area contributed by atoms with Crippen molar-refractivity contribution in [2.75, 3.05) is 5.32 Å². The van der Waals surface area contributed by atoms with Crippen LogP contribution in [0.1, 0.15) is 11.1 Å². The number of nitrogens with one attached hydrogen (secondary N) is 1. The van der Waals surface area contributed by atoms with E-state index in [2.05, 4.69) is 5.32 Å². The highest BCUT2D eigenvalue weighted by Crippen LogP contribution is 2.14. The Balaban J connectivity index is 2.98. The molecule has 0 aliphatic carbocycles. The second kappa shape index (κ2) is 3.19. The van der Waals surface area contributed by atoms with Crippen LogP contribution in [0.15, 0.2) is 18.2 Å². The van der Waals surface area contributed by atoms with Crippen molar-refractivity contribution in [3.8, 4) is 0 Å². The minimum Gasteiger partial charge on any atom is -0.328 e. The van der Waals surface area contributed by atoms with Crippen molar-refractivity contribution >= 4 is 12.1 Å². The lowest BCUT2D eigenvalue weighted by atomic mass is 10.1. The Morgan fingerprint density at radius 1 is 1.36 bits per heavy atom. The first-order valence-corrected chi connectivity index (χ1v) is 3.51. The van der Waals surface area contributed by atoms with Gasteiger partial charge >= 0.3 is 0 Å². The first-order chi connectivity index (χ1) is 5.24. The maximum absolute atomic E-state index is 10.1. The number of aryl methyl sites for hydroxylation is 2. The molecule has 0 saturated heterocycles. The summed E-state index contributed by atoms with van der Waals surface area (Å²) in [6, 6.07) is 5.91. The van der Waals surface area contributed by atoms with E-state index in [0.717, 1.165) is 11.3 Å². The fraction of sp³-hybridized carbons (Fsp3) is 0.222. The predicted molar refractivity (Wildman–Crippen MR) is 45.6 cm³/mol. The van der Waals surface area contributed by atoms with E-state index in [4.69, 9.17) is 0 Å². The molecule has 0 bridgehead atoms. The van der Waals surface area contributed by atoms with Crippen molar-refractivity contribution in [2.24, 2.45) is 0 Å². The highest BCUT2D eigenvalue weighted by molar-refractivity contribution is 5.73. The Labute approximate surface area is 66.2 Å². The molecule has 0 fully saturated rings. The molecule has 0 atom stereocenters. The van der Waals surface area contributed by atoms with Gasteiger partial charge in [-0.2, -0.15) is 0 Å². The molecule has 0 aromatic heterocycles. The SMILES string of the molecule is Cc1ccc(NC=O)c(C)c1. The molecule has 1 aromatic rings. The van der Waals surface area contributed by atoms with Crippen LogP contribution in [0.2, 0.25) is 0 Å². The summed E-state index contributed by atoms with van der Waals surface area (Å²) in [6.45, 7) is 4.00. The molecule has 0 aliphatic heterocycles. The molecule has 1 aromatic carbocycles. The maximum atomic E-state index is 10.1. The lowest BCUT2D eigenvalue weighted by Crippen LogP contribution is -1.95. The van der Waals surface area contributed by atoms with E-state index in [1.807, 2.05) is 32.0 Å². The van der Waals surface area contributed by atoms with E-state index < -0.39 is 0 Å². The second-order valence-corrected chi connectivity index (χ2v) is 2.58. The van der Waals surface area contributed by atoms with Gasteiger partial charge in [0.1, 0.15) is 0 Å². The number of rotatable bonds is 2. The van der Waals surface area contributed by atoms with E-state index in [1.165, 1.54) is 5.56 Å². The molecule has 58 valence electrons. The molecule has 0 unspecified atom stereocenters. The van der Waals surface area contributed by atoms with Crippen molar-refractivity contribution in [3.63, 3.8) is 0 Å². The Bertz CT molecular complexity index is 268. The van der Waals surface area contributed by atoms with Crippen LogP contribution in [-0.2, 0) is 4.79 Å². The largest absolute Gasteiger partial charge is 0.328 e. The number of hydrogen-bond acceptors (Lipinski definition) is 1. The van der Waals surface area contributed by atoms with Gasteiger partial charge in [0.25, 0.3) is 0 Å². The molecule has 1 rings (SSSR count). The van der Waals surface area contributed by atoms with E-state index in [-0.39, 0.29) is 0 Å². The van der Waals surface area contributed by atoms with Crippen molar-refractivity contribution in [1.82, 2.24) is 0 Å². The third-order valence-corrected chi connectivity index (χ3v) is 1.60. The Morgan fingerprint density at radius 2 is 2.09 bits per heavy atom. The fourth-order valence-electron chi connectivity index (χ4n) is 1.04. The van der Waals surface area contributed by atoms with Gasteiger partial charge in [-0.3, -0.25) is 4.79 Å². The third-order valence-electron chi connectivity index (χ3n) is 1.60. The number of amides is 1. The van der Waals surface area contributed by atoms with Crippen molar-refractivity contribution in [1.29, 1.82) is 0 Å². The minimum atomic E-state index is 0.692. The average molecular weight is 149 g/mol. The molecule has 0 spiro atoms. The number of hydrogen-bond donors (Lipinski definition) is 1. The Morgan fingerprint density at radius 3 is 2.64 bits per heavy atom. The first kappa shape index (κ1) is 7.79. The molecule has 1 N–H and O–H groups in total. The topological polar surface area (TPSA) is 29.1 Å². The summed E-state index contributed by atoms with van der Waals surface area (Å²) in [4.78, 5) is 10.1. The van der Waals surface area contributed by atoms with Crippen LogP contribution in [0.3, 0.4) is 0 Å². The maximum Gasteiger partial charge on any atom is 0.211 e. The summed E-state index contributed by atoms with van der Waals surface area (Å²) in [5, 5.41) is 2.62. The zero-order valence-electron chi connectivity index (χ0n) is 6.72. The average Bonchev–Trinajstić information content (AvgIpc) is 1.95. The highest BCUT2D eigenvalue weighted by atomic mass is 16.1. The summed E-state index contributed by atoms with van der Waals surface area (Å²) in [5.74, 6) is 0. The number of carbonyl (C=O) groups is 1. The van der Waals surface area contributed by atoms with Gasteiger partial charge in [-0.05, 0) is 25.5 Å². The van der Waals surface area contributed by atoms with Gasteiger partial charge in [0.15, 0.2) is 0 Å². The molecule has 0 aliphatic rings. The van der Waals surface area contributed by atoms with Crippen LogP contribution in [0, 0.1) is 13.8 Å². The fourth-order valence-corrected chi connectivity index (χ4v) is 1.04. The molecular formula is C9H11NO. The summed E-state index contributed by atoms with van der Waals surface area (Å²) < 4.78 is 0. The lowest BCUT2D eigenvalue weighted by molar-refractivity contribution is -0.105. The van der Waals surface area contributed by atoms with E-state index in [9.17, 15) is 4.79 Å². The summed E-state index contributed by atoms with van der Waals surface area (Å²) in [7, 11) is 0. The van der Waals surface area contributed by atoms with Crippen LogP contribution in [0.5, 0.6) is 0 Å². The summed E-state index contributed by atoms with van der Waals surface area (Å²) in [6.07, 6.45) is 0.692. The first-order valence-electron chi connectivity index (χ1n) is 3.51. The number of benzene rings is 1. The Kier molecular flexibility index (Phi) is 2.26. The van der Waals surface area contributed by atoms with Crippen LogP contribution in [0.4, 0.5) is 5.69 Å². The van der Waals surface area contributed by atoms with Gasteiger partial charge in [-0.25, -0.2) is 0 Å². The van der Waals surface area contributed by atoms with Gasteiger partial charge in [0, 0.05) is 5.69 Å². The Hall–Kier alpha value is -1.31. The van der Waals surface area contributed by atoms with Crippen molar-refractivity contribution in [3.05, 3.63) is 29.3 Å². The third kappa shape index (κ3) is 1.80. The molecular weight excluding hydrogens is 138 g/mol. The molecule has 11 heavy (non-hydrogen) atoms. The van der Waals surface area contributed by atoms with Gasteiger partial charge in [0.2, 0.25) is 6.41 Å². The van der Waals surface area contributed by atoms with E-state index >= 15 is 0 Å². The van der Waals surface area contributed by atoms with E-state index in [1.54, 1.807) is 0 Å². The van der Waals surface area contributed by atoms with E-state index in [0.29, 0.717) is 6.41 Å². The van der Waals surface area contributed by atoms with Crippen molar-refractivity contribution in [2.45, 2.75) is 13.8 Å². The van der Waals surface area contributed by atoms with Gasteiger partial charge < -0.3 is 5.32 Å². The standard InChI is InChI=1S/C9H11NO/c1-7-3-4-9(10-6-11)8(2)5-7/h3-6H,1-2H3,(H,10,11). The molecule has 1 amide bonds. The van der Waals surface area contributed by atoms with Crippen molar-refractivity contribution < 1.29 is 4.79 Å². The molecule has 2 heteroatoms. The minimum absolute atomic E-state index is 0.692. The highest BCUT2D eigenvalue weighted by Gasteiger charge is 1.94. The molecule has 0 heterocycles. The summed E-state index contributed by atoms with van der Waals surface area (Å²) in [5.41, 5.74) is 3.18. The smallest absolute Gasteiger partial charge is 0.211 e. The van der Waals surface area contributed by atoms with Crippen LogP contribution >= 0.6 is 0 Å². The zero-order valence-corrected chi connectivity index (χ0v) is 6.72. The normalized spacial score (nSPS) is 9.27. The van der Waals surface area contributed by atoms with Crippen LogP contribution in [-0.4, -0.2) is 6.41 Å². The second-order valence-electron chi connectivity index (χ2n) is 2.58. The molecule has 0 saturated carbocycles. The quantitative estimate of drug-likeness (QED) is 0.639.